The summed E-state index contributed by atoms with van der Waals surface area (Å²) in [5, 5.41) is 4.42. The molecule has 0 atom stereocenters. The number of hydrogen-bond donors (Lipinski definition) is 1. The lowest BCUT2D eigenvalue weighted by atomic mass is 10.2. The number of nitrogens with zero attached hydrogens (tertiary/aromatic N) is 2. The van der Waals surface area contributed by atoms with Crippen LogP contribution in [0.15, 0.2) is 59.5 Å². The maximum atomic E-state index is 12.9. The lowest BCUT2D eigenvalue weighted by Gasteiger charge is -2.13. The number of methoxy groups -OCH3 is 1. The highest BCUT2D eigenvalue weighted by Gasteiger charge is 2.19. The number of rotatable bonds is 9. The van der Waals surface area contributed by atoms with Crippen molar-refractivity contribution in [3.8, 4) is 5.75 Å². The van der Waals surface area contributed by atoms with E-state index in [2.05, 4.69) is 9.82 Å². The zero-order valence-corrected chi connectivity index (χ0v) is 17.6. The molecule has 0 saturated carbocycles. The number of aromatic nitrogens is 2. The van der Waals surface area contributed by atoms with Crippen molar-refractivity contribution >= 4 is 15.8 Å². The van der Waals surface area contributed by atoms with E-state index in [0.717, 1.165) is 16.8 Å². The highest BCUT2D eigenvalue weighted by Crippen LogP contribution is 2.24. The molecule has 3 aromatic rings. The van der Waals surface area contributed by atoms with Crippen molar-refractivity contribution in [2.45, 2.75) is 25.3 Å². The van der Waals surface area contributed by atoms with Crippen LogP contribution in [0.2, 0.25) is 0 Å². The normalized spacial score (nSPS) is 11.4. The van der Waals surface area contributed by atoms with E-state index in [0.29, 0.717) is 31.3 Å². The average molecular weight is 416 g/mol. The van der Waals surface area contributed by atoms with Gasteiger partial charge in [0.1, 0.15) is 18.2 Å². The third-order valence-corrected chi connectivity index (χ3v) is 5.67. The predicted molar refractivity (Wildman–Crippen MR) is 112 cm³/mol. The van der Waals surface area contributed by atoms with Gasteiger partial charge in [0.15, 0.2) is 0 Å². The summed E-state index contributed by atoms with van der Waals surface area (Å²) >= 11 is 0. The second-order valence-electron chi connectivity index (χ2n) is 6.69. The number of hydrogen-bond acceptors (Lipinski definition) is 5. The molecule has 1 heterocycles. The van der Waals surface area contributed by atoms with Gasteiger partial charge in [0, 0.05) is 13.2 Å². The summed E-state index contributed by atoms with van der Waals surface area (Å²) in [6.45, 7) is 4.98. The number of anilines is 1. The lowest BCUT2D eigenvalue weighted by Crippen LogP contribution is -2.17. The summed E-state index contributed by atoms with van der Waals surface area (Å²) < 4.78 is 40.7. The molecule has 0 aliphatic carbocycles. The third kappa shape index (κ3) is 5.36. The molecule has 0 spiro atoms. The molecule has 1 aromatic heterocycles. The zero-order chi connectivity index (χ0) is 20.9. The minimum Gasteiger partial charge on any atom is -0.491 e. The Bertz CT molecular complexity index is 1060. The maximum absolute atomic E-state index is 12.9. The first-order chi connectivity index (χ1) is 13.9. The Morgan fingerprint density at radius 2 is 1.79 bits per heavy atom. The molecule has 0 bridgehead atoms. The van der Waals surface area contributed by atoms with Crippen LogP contribution in [-0.4, -0.2) is 38.5 Å². The van der Waals surface area contributed by atoms with E-state index in [1.54, 1.807) is 30.0 Å². The fourth-order valence-corrected chi connectivity index (χ4v) is 4.02. The largest absolute Gasteiger partial charge is 0.491 e. The molecule has 3 rings (SSSR count). The number of ether oxygens (including phenoxy) is 2. The topological polar surface area (TPSA) is 82.4 Å². The second-order valence-corrected chi connectivity index (χ2v) is 8.37. The van der Waals surface area contributed by atoms with Crippen LogP contribution in [0.3, 0.4) is 0 Å². The third-order valence-electron chi connectivity index (χ3n) is 4.32. The highest BCUT2D eigenvalue weighted by atomic mass is 32.2. The van der Waals surface area contributed by atoms with Gasteiger partial charge in [-0.25, -0.2) is 13.1 Å². The molecule has 0 radical (unpaired) electrons. The van der Waals surface area contributed by atoms with E-state index in [4.69, 9.17) is 9.47 Å². The Kier molecular flexibility index (Phi) is 6.56. The number of aryl methyl sites for hydroxylation is 2. The predicted octanol–water partition coefficient (Wildman–Crippen LogP) is 3.37. The molecule has 0 fully saturated rings. The van der Waals surface area contributed by atoms with Crippen LogP contribution < -0.4 is 9.46 Å². The van der Waals surface area contributed by atoms with Crippen LogP contribution in [0.1, 0.15) is 16.8 Å². The van der Waals surface area contributed by atoms with Gasteiger partial charge in [0.25, 0.3) is 10.0 Å². The van der Waals surface area contributed by atoms with Gasteiger partial charge in [-0.2, -0.15) is 5.10 Å². The van der Waals surface area contributed by atoms with Crippen molar-refractivity contribution in [1.82, 2.24) is 9.78 Å². The van der Waals surface area contributed by atoms with E-state index in [-0.39, 0.29) is 4.90 Å². The summed E-state index contributed by atoms with van der Waals surface area (Å²) in [4.78, 5) is 0.166. The van der Waals surface area contributed by atoms with Crippen molar-refractivity contribution < 1.29 is 17.9 Å². The Hall–Kier alpha value is -2.84. The van der Waals surface area contributed by atoms with Gasteiger partial charge in [0.05, 0.1) is 23.7 Å². The fourth-order valence-electron chi connectivity index (χ4n) is 2.89. The van der Waals surface area contributed by atoms with Crippen molar-refractivity contribution in [2.75, 3.05) is 25.0 Å². The molecule has 0 amide bonds. The molecule has 8 heteroatoms. The number of benzene rings is 2. The van der Waals surface area contributed by atoms with Crippen LogP contribution in [0.5, 0.6) is 5.75 Å². The monoisotopic (exact) mass is 415 g/mol. The van der Waals surface area contributed by atoms with E-state index >= 15 is 0 Å². The molecule has 1 N–H and O–H groups in total. The summed E-state index contributed by atoms with van der Waals surface area (Å²) in [5.74, 6) is 1.05. The molecule has 7 nitrogen and oxygen atoms in total. The molecule has 0 aliphatic heterocycles. The van der Waals surface area contributed by atoms with Gasteiger partial charge in [-0.3, -0.25) is 4.72 Å². The standard InChI is InChI=1S/C21H25N3O4S/c1-16-13-19(9-10-20(16)28-12-11-27-3)29(25,26)23-21-14-17(2)22-24(21)15-18-7-5-4-6-8-18/h4-10,13-14,23H,11-12,15H2,1-3H3. The minimum absolute atomic E-state index is 0.166. The molecule has 0 saturated heterocycles. The first-order valence-corrected chi connectivity index (χ1v) is 10.7. The van der Waals surface area contributed by atoms with Crippen LogP contribution in [0.25, 0.3) is 0 Å². The van der Waals surface area contributed by atoms with Gasteiger partial charge in [-0.05, 0) is 43.2 Å². The Morgan fingerprint density at radius 1 is 1.03 bits per heavy atom. The van der Waals surface area contributed by atoms with E-state index in [1.165, 1.54) is 6.07 Å². The first-order valence-electron chi connectivity index (χ1n) is 9.22. The Morgan fingerprint density at radius 3 is 2.48 bits per heavy atom. The van der Waals surface area contributed by atoms with Crippen molar-refractivity contribution in [1.29, 1.82) is 0 Å². The molecular weight excluding hydrogens is 390 g/mol. The van der Waals surface area contributed by atoms with Crippen molar-refractivity contribution in [3.63, 3.8) is 0 Å². The Labute approximate surface area is 171 Å². The van der Waals surface area contributed by atoms with Gasteiger partial charge in [-0.15, -0.1) is 0 Å². The molecule has 2 aromatic carbocycles. The summed E-state index contributed by atoms with van der Waals surface area (Å²) in [6, 6.07) is 16.3. The highest BCUT2D eigenvalue weighted by molar-refractivity contribution is 7.92. The number of nitrogens with one attached hydrogen (secondary N) is 1. The summed E-state index contributed by atoms with van der Waals surface area (Å²) in [7, 11) is -2.17. The van der Waals surface area contributed by atoms with Gasteiger partial charge in [-0.1, -0.05) is 30.3 Å². The summed E-state index contributed by atoms with van der Waals surface area (Å²) in [5.41, 5.74) is 2.50. The van der Waals surface area contributed by atoms with Gasteiger partial charge < -0.3 is 9.47 Å². The molecule has 0 unspecified atom stereocenters. The molecule has 0 aliphatic rings. The maximum Gasteiger partial charge on any atom is 0.263 e. The minimum atomic E-state index is -3.77. The van der Waals surface area contributed by atoms with Crippen molar-refractivity contribution in [3.05, 3.63) is 71.4 Å². The lowest BCUT2D eigenvalue weighted by molar-refractivity contribution is 0.146. The van der Waals surface area contributed by atoms with Crippen LogP contribution in [-0.2, 0) is 21.3 Å². The van der Waals surface area contributed by atoms with E-state index in [1.807, 2.05) is 44.2 Å². The average Bonchev–Trinajstić information content (AvgIpc) is 3.02. The van der Waals surface area contributed by atoms with Crippen LogP contribution in [0, 0.1) is 13.8 Å². The van der Waals surface area contributed by atoms with Crippen molar-refractivity contribution in [2.24, 2.45) is 0 Å². The fraction of sp³-hybridized carbons (Fsp3) is 0.286. The SMILES string of the molecule is COCCOc1ccc(S(=O)(=O)Nc2cc(C)nn2Cc2ccccc2)cc1C. The quantitative estimate of drug-likeness (QED) is 0.542. The van der Waals surface area contributed by atoms with E-state index < -0.39 is 10.0 Å². The van der Waals surface area contributed by atoms with Gasteiger partial charge >= 0.3 is 0 Å². The first kappa shape index (κ1) is 20.9. The second kappa shape index (κ2) is 9.11. The van der Waals surface area contributed by atoms with E-state index in [9.17, 15) is 8.42 Å². The van der Waals surface area contributed by atoms with Gasteiger partial charge in [0.2, 0.25) is 0 Å². The summed E-state index contributed by atoms with van der Waals surface area (Å²) in [6.07, 6.45) is 0. The number of sulfonamides is 1. The Balaban J connectivity index is 1.80. The van der Waals surface area contributed by atoms with Crippen LogP contribution >= 0.6 is 0 Å². The zero-order valence-electron chi connectivity index (χ0n) is 16.8. The molecule has 154 valence electrons. The molecular formula is C21H25N3O4S. The smallest absolute Gasteiger partial charge is 0.263 e. The van der Waals surface area contributed by atoms with Crippen LogP contribution in [0.4, 0.5) is 5.82 Å². The molecule has 29 heavy (non-hydrogen) atoms.